The van der Waals surface area contributed by atoms with Crippen molar-refractivity contribution in [3.8, 4) is 0 Å². The van der Waals surface area contributed by atoms with Gasteiger partial charge in [0, 0.05) is 17.7 Å². The Morgan fingerprint density at radius 1 is 1.12 bits per heavy atom. The van der Waals surface area contributed by atoms with E-state index in [-0.39, 0.29) is 23.2 Å². The van der Waals surface area contributed by atoms with E-state index in [1.54, 1.807) is 0 Å². The van der Waals surface area contributed by atoms with Crippen molar-refractivity contribution in [2.45, 2.75) is 19.3 Å². The Morgan fingerprint density at radius 2 is 1.71 bits per heavy atom. The smallest absolute Gasteiger partial charge is 0.271 e. The van der Waals surface area contributed by atoms with E-state index in [2.05, 4.69) is 0 Å². The van der Waals surface area contributed by atoms with Crippen LogP contribution < -0.4 is 10.0 Å². The molecular formula is C16H13N2O6-. The Kier molecular flexibility index (Phi) is 3.00. The molecule has 2 saturated carbocycles. The first-order valence-corrected chi connectivity index (χ1v) is 7.77. The number of imide groups is 1. The van der Waals surface area contributed by atoms with Crippen molar-refractivity contribution in [2.24, 2.45) is 23.7 Å². The summed E-state index contributed by atoms with van der Waals surface area (Å²) in [6, 6.07) is 2.99. The van der Waals surface area contributed by atoms with Crippen LogP contribution in [0, 0.1) is 33.8 Å². The van der Waals surface area contributed by atoms with Crippen molar-refractivity contribution in [3.63, 3.8) is 0 Å². The van der Waals surface area contributed by atoms with Crippen molar-refractivity contribution in [1.29, 1.82) is 0 Å². The second-order valence-electron chi connectivity index (χ2n) is 6.64. The van der Waals surface area contributed by atoms with Gasteiger partial charge in [0.15, 0.2) is 0 Å². The molecule has 2 amide bonds. The molecule has 1 aromatic rings. The zero-order valence-electron chi connectivity index (χ0n) is 12.5. The van der Waals surface area contributed by atoms with Crippen LogP contribution in [-0.2, 0) is 9.59 Å². The third-order valence-electron chi connectivity index (χ3n) is 5.58. The van der Waals surface area contributed by atoms with Gasteiger partial charge in [-0.1, -0.05) is 0 Å². The van der Waals surface area contributed by atoms with Crippen LogP contribution in [0.5, 0.6) is 0 Å². The molecule has 0 N–H and O–H groups in total. The number of aromatic carboxylic acids is 1. The Labute approximate surface area is 136 Å². The summed E-state index contributed by atoms with van der Waals surface area (Å²) in [6.07, 6.45) is 2.63. The van der Waals surface area contributed by atoms with Crippen LogP contribution in [-0.4, -0.2) is 22.7 Å². The van der Waals surface area contributed by atoms with Gasteiger partial charge in [0.1, 0.15) is 0 Å². The van der Waals surface area contributed by atoms with E-state index in [1.165, 1.54) is 0 Å². The highest BCUT2D eigenvalue weighted by Crippen LogP contribution is 2.56. The summed E-state index contributed by atoms with van der Waals surface area (Å²) >= 11 is 0. The Morgan fingerprint density at radius 3 is 2.21 bits per heavy atom. The largest absolute Gasteiger partial charge is 0.545 e. The summed E-state index contributed by atoms with van der Waals surface area (Å²) in [4.78, 5) is 48.0. The number of hydrogen-bond donors (Lipinski definition) is 0. The van der Waals surface area contributed by atoms with Crippen LogP contribution in [0.3, 0.4) is 0 Å². The number of nitrogens with zero attached hydrogens (tertiary/aromatic N) is 2. The highest BCUT2D eigenvalue weighted by Gasteiger charge is 2.61. The van der Waals surface area contributed by atoms with Gasteiger partial charge in [0.2, 0.25) is 11.8 Å². The quantitative estimate of drug-likeness (QED) is 0.452. The molecule has 1 saturated heterocycles. The molecule has 2 aliphatic carbocycles. The molecule has 8 heteroatoms. The van der Waals surface area contributed by atoms with Gasteiger partial charge in [-0.2, -0.15) is 0 Å². The standard InChI is InChI=1S/C16H14N2O6/c19-14-12-7-1-2-8(5-7)13(12)15(20)17(14)11-6-9(18(23)24)3-4-10(11)16(21)22/h3-4,6-8,12-13H,1-2,5H2,(H,21,22)/p-1/t7-,8-,12-,13+/m1/s1. The van der Waals surface area contributed by atoms with E-state index in [9.17, 15) is 29.6 Å². The molecule has 0 spiro atoms. The molecule has 0 unspecified atom stereocenters. The Balaban J connectivity index is 1.82. The maximum atomic E-state index is 12.8. The normalized spacial score (nSPS) is 30.8. The van der Waals surface area contributed by atoms with Crippen molar-refractivity contribution >= 4 is 29.2 Å². The molecule has 4 atom stereocenters. The molecule has 1 aromatic carbocycles. The van der Waals surface area contributed by atoms with Crippen LogP contribution in [0.4, 0.5) is 11.4 Å². The molecule has 0 aromatic heterocycles. The molecule has 0 radical (unpaired) electrons. The fraction of sp³-hybridized carbons (Fsp3) is 0.438. The summed E-state index contributed by atoms with van der Waals surface area (Å²) in [5.41, 5.74) is -1.03. The monoisotopic (exact) mass is 329 g/mol. The van der Waals surface area contributed by atoms with E-state index < -0.39 is 40.1 Å². The number of carboxylic acid groups (broad SMARTS) is 1. The summed E-state index contributed by atoms with van der Waals surface area (Å²) in [5.74, 6) is -3.03. The highest BCUT2D eigenvalue weighted by molar-refractivity contribution is 6.24. The van der Waals surface area contributed by atoms with Crippen LogP contribution >= 0.6 is 0 Å². The molecule has 3 aliphatic rings. The van der Waals surface area contributed by atoms with E-state index in [0.29, 0.717) is 0 Å². The van der Waals surface area contributed by atoms with E-state index in [1.807, 2.05) is 0 Å². The third-order valence-corrected chi connectivity index (χ3v) is 5.58. The lowest BCUT2D eigenvalue weighted by atomic mass is 9.81. The molecule has 1 heterocycles. The minimum atomic E-state index is -1.58. The fourth-order valence-electron chi connectivity index (χ4n) is 4.64. The number of fused-ring (bicyclic) bond motifs is 5. The SMILES string of the molecule is O=C([O-])c1ccc([N+](=O)[O-])cc1N1C(=O)[C@@H]2[C@@H]3CC[C@H](C3)[C@@H]2C1=O. The Hall–Kier alpha value is -2.77. The van der Waals surface area contributed by atoms with Gasteiger partial charge in [0.25, 0.3) is 5.69 Å². The first kappa shape index (κ1) is 14.8. The number of nitro benzene ring substituents is 1. The number of benzene rings is 1. The molecule has 1 aliphatic heterocycles. The summed E-state index contributed by atoms with van der Waals surface area (Å²) in [7, 11) is 0. The van der Waals surface area contributed by atoms with Crippen molar-refractivity contribution in [2.75, 3.05) is 4.90 Å². The number of hydrogen-bond acceptors (Lipinski definition) is 6. The van der Waals surface area contributed by atoms with Gasteiger partial charge < -0.3 is 9.90 Å². The average molecular weight is 329 g/mol. The lowest BCUT2D eigenvalue weighted by molar-refractivity contribution is -0.384. The van der Waals surface area contributed by atoms with E-state index >= 15 is 0 Å². The number of rotatable bonds is 3. The summed E-state index contributed by atoms with van der Waals surface area (Å²) in [6.45, 7) is 0. The molecular weight excluding hydrogens is 316 g/mol. The average Bonchev–Trinajstić information content (AvgIpc) is 3.20. The lowest BCUT2D eigenvalue weighted by Crippen LogP contribution is -2.35. The van der Waals surface area contributed by atoms with Gasteiger partial charge in [0.05, 0.1) is 28.4 Å². The zero-order chi connectivity index (χ0) is 17.2. The first-order valence-electron chi connectivity index (χ1n) is 7.77. The molecule has 124 valence electrons. The van der Waals surface area contributed by atoms with Crippen LogP contribution in [0.15, 0.2) is 18.2 Å². The van der Waals surface area contributed by atoms with Gasteiger partial charge in [-0.3, -0.25) is 19.7 Å². The third kappa shape index (κ3) is 1.82. The minimum Gasteiger partial charge on any atom is -0.545 e. The van der Waals surface area contributed by atoms with Gasteiger partial charge in [-0.25, -0.2) is 4.90 Å². The minimum absolute atomic E-state index is 0.145. The van der Waals surface area contributed by atoms with Crippen LogP contribution in [0.25, 0.3) is 0 Å². The number of carbonyl (C=O) groups is 3. The zero-order valence-corrected chi connectivity index (χ0v) is 12.5. The second-order valence-corrected chi connectivity index (χ2v) is 6.64. The van der Waals surface area contributed by atoms with Crippen molar-refractivity contribution in [1.82, 2.24) is 0 Å². The van der Waals surface area contributed by atoms with Gasteiger partial charge >= 0.3 is 0 Å². The van der Waals surface area contributed by atoms with E-state index in [4.69, 9.17) is 0 Å². The first-order chi connectivity index (χ1) is 11.4. The fourth-order valence-corrected chi connectivity index (χ4v) is 4.64. The Bertz CT molecular complexity index is 776. The predicted octanol–water partition coefficient (Wildman–Crippen LogP) is 0.494. The summed E-state index contributed by atoms with van der Waals surface area (Å²) < 4.78 is 0. The van der Waals surface area contributed by atoms with Crippen LogP contribution in [0.2, 0.25) is 0 Å². The number of anilines is 1. The lowest BCUT2D eigenvalue weighted by Gasteiger charge is -2.20. The summed E-state index contributed by atoms with van der Waals surface area (Å²) in [5, 5.41) is 22.3. The second kappa shape index (κ2) is 4.86. The number of non-ortho nitro benzene ring substituents is 1. The maximum Gasteiger partial charge on any atom is 0.271 e. The number of nitro groups is 1. The molecule has 4 rings (SSSR count). The maximum absolute atomic E-state index is 12.8. The molecule has 3 fully saturated rings. The highest BCUT2D eigenvalue weighted by atomic mass is 16.6. The molecule has 2 bridgehead atoms. The molecule has 24 heavy (non-hydrogen) atoms. The predicted molar refractivity (Wildman–Crippen MR) is 77.7 cm³/mol. The topological polar surface area (TPSA) is 121 Å². The number of carboxylic acids is 1. The number of amides is 2. The van der Waals surface area contributed by atoms with Gasteiger partial charge in [-0.15, -0.1) is 0 Å². The van der Waals surface area contributed by atoms with Crippen LogP contribution in [0.1, 0.15) is 29.6 Å². The van der Waals surface area contributed by atoms with Crippen molar-refractivity contribution < 1.29 is 24.4 Å². The number of carbonyl (C=O) groups excluding carboxylic acids is 3. The van der Waals surface area contributed by atoms with Crippen molar-refractivity contribution in [3.05, 3.63) is 33.9 Å². The van der Waals surface area contributed by atoms with Gasteiger partial charge in [-0.05, 0) is 37.2 Å². The molecule has 8 nitrogen and oxygen atoms in total. The van der Waals surface area contributed by atoms with E-state index in [0.717, 1.165) is 42.4 Å².